The van der Waals surface area contributed by atoms with Crippen molar-refractivity contribution in [3.63, 3.8) is 0 Å². The van der Waals surface area contributed by atoms with Crippen LogP contribution in [0.1, 0.15) is 15.9 Å². The Bertz CT molecular complexity index is 858. The van der Waals surface area contributed by atoms with Crippen molar-refractivity contribution in [2.45, 2.75) is 11.8 Å². The number of aryl methyl sites for hydroxylation is 1. The fourth-order valence-electron chi connectivity index (χ4n) is 2.34. The maximum absolute atomic E-state index is 12.5. The van der Waals surface area contributed by atoms with Gasteiger partial charge < -0.3 is 15.4 Å². The molecule has 0 heterocycles. The monoisotopic (exact) mass is 427 g/mol. The van der Waals surface area contributed by atoms with E-state index in [9.17, 15) is 13.2 Å². The van der Waals surface area contributed by atoms with Gasteiger partial charge in [-0.05, 0) is 42.8 Å². The number of ether oxygens (including phenoxy) is 1. The fourth-order valence-corrected chi connectivity index (χ4v) is 3.47. The first-order valence-corrected chi connectivity index (χ1v) is 10.1. The van der Waals surface area contributed by atoms with Crippen LogP contribution in [-0.4, -0.2) is 47.7 Å². The molecule has 0 saturated carbocycles. The number of hydrogen-bond donors (Lipinski definition) is 3. The van der Waals surface area contributed by atoms with Crippen LogP contribution < -0.4 is 15.4 Å². The second kappa shape index (κ2) is 11.7. The van der Waals surface area contributed by atoms with Gasteiger partial charge in [-0.25, -0.2) is 8.42 Å². The van der Waals surface area contributed by atoms with Crippen molar-refractivity contribution in [1.29, 1.82) is 0 Å². The van der Waals surface area contributed by atoms with E-state index in [0.717, 1.165) is 5.56 Å². The van der Waals surface area contributed by atoms with Crippen LogP contribution in [0, 0.1) is 6.92 Å². The Balaban J connectivity index is 0.00000392. The van der Waals surface area contributed by atoms with Gasteiger partial charge in [-0.3, -0.25) is 9.52 Å². The number of rotatable bonds is 10. The Kier molecular flexibility index (Phi) is 9.95. The molecule has 154 valence electrons. The summed E-state index contributed by atoms with van der Waals surface area (Å²) >= 11 is 0. The number of carbonyl (C=O) groups is 1. The van der Waals surface area contributed by atoms with Gasteiger partial charge in [0.15, 0.2) is 0 Å². The molecule has 0 unspecified atom stereocenters. The number of methoxy groups -OCH3 is 1. The summed E-state index contributed by atoms with van der Waals surface area (Å²) in [4.78, 5) is 12.2. The van der Waals surface area contributed by atoms with E-state index in [0.29, 0.717) is 37.5 Å². The SMILES string of the molecule is COCCNCCNC(=O)c1ccc(S(=O)(=O)Nc2ccccc2C)cc1.Cl. The molecule has 0 fully saturated rings. The second-order valence-electron chi connectivity index (χ2n) is 5.94. The van der Waals surface area contributed by atoms with Crippen molar-refractivity contribution < 1.29 is 17.9 Å². The van der Waals surface area contributed by atoms with E-state index in [-0.39, 0.29) is 23.2 Å². The average molecular weight is 428 g/mol. The molecule has 0 aliphatic heterocycles. The number of sulfonamides is 1. The minimum absolute atomic E-state index is 0. The third kappa shape index (κ3) is 7.12. The number of carbonyl (C=O) groups excluding carboxylic acids is 1. The summed E-state index contributed by atoms with van der Waals surface area (Å²) in [7, 11) is -2.08. The molecular formula is C19H26ClN3O4S. The molecule has 0 bridgehead atoms. The molecule has 9 heteroatoms. The van der Waals surface area contributed by atoms with Gasteiger partial charge in [0.05, 0.1) is 17.2 Å². The number of anilines is 1. The summed E-state index contributed by atoms with van der Waals surface area (Å²) in [5, 5.41) is 5.90. The quantitative estimate of drug-likeness (QED) is 0.505. The molecule has 2 rings (SSSR count). The van der Waals surface area contributed by atoms with Gasteiger partial charge in [0.2, 0.25) is 0 Å². The van der Waals surface area contributed by atoms with E-state index in [1.165, 1.54) is 24.3 Å². The van der Waals surface area contributed by atoms with E-state index in [1.807, 2.05) is 19.1 Å². The lowest BCUT2D eigenvalue weighted by atomic mass is 10.2. The lowest BCUT2D eigenvalue weighted by molar-refractivity contribution is 0.0953. The van der Waals surface area contributed by atoms with Gasteiger partial charge in [0.1, 0.15) is 0 Å². The van der Waals surface area contributed by atoms with Crippen LogP contribution in [0.4, 0.5) is 5.69 Å². The molecule has 28 heavy (non-hydrogen) atoms. The molecule has 0 aromatic heterocycles. The molecule has 0 aliphatic carbocycles. The first-order chi connectivity index (χ1) is 12.9. The summed E-state index contributed by atoms with van der Waals surface area (Å²) in [6, 6.07) is 13.0. The highest BCUT2D eigenvalue weighted by Gasteiger charge is 2.16. The van der Waals surface area contributed by atoms with Crippen LogP contribution in [0.5, 0.6) is 0 Å². The van der Waals surface area contributed by atoms with Gasteiger partial charge in [-0.1, -0.05) is 18.2 Å². The van der Waals surface area contributed by atoms with E-state index < -0.39 is 10.0 Å². The fraction of sp³-hybridized carbons (Fsp3) is 0.316. The van der Waals surface area contributed by atoms with Gasteiger partial charge in [-0.2, -0.15) is 0 Å². The summed E-state index contributed by atoms with van der Waals surface area (Å²) in [5.41, 5.74) is 1.76. The summed E-state index contributed by atoms with van der Waals surface area (Å²) in [5.74, 6) is -0.251. The van der Waals surface area contributed by atoms with Gasteiger partial charge >= 0.3 is 0 Å². The zero-order chi connectivity index (χ0) is 19.7. The molecule has 0 spiro atoms. The topological polar surface area (TPSA) is 96.5 Å². The standard InChI is InChI=1S/C19H25N3O4S.ClH/c1-15-5-3-4-6-18(15)22-27(24,25)17-9-7-16(8-10-17)19(23)21-12-11-20-13-14-26-2;/h3-10,20,22H,11-14H2,1-2H3,(H,21,23);1H. The molecule has 2 aromatic carbocycles. The Labute approximate surface area is 172 Å². The number of benzene rings is 2. The molecule has 0 atom stereocenters. The second-order valence-corrected chi connectivity index (χ2v) is 7.63. The van der Waals surface area contributed by atoms with Crippen molar-refractivity contribution in [2.24, 2.45) is 0 Å². The van der Waals surface area contributed by atoms with Crippen LogP contribution in [0.25, 0.3) is 0 Å². The normalized spacial score (nSPS) is 10.8. The molecule has 0 radical (unpaired) electrons. The summed E-state index contributed by atoms with van der Waals surface area (Å²) < 4.78 is 32.5. The highest BCUT2D eigenvalue weighted by atomic mass is 35.5. The number of halogens is 1. The van der Waals surface area contributed by atoms with Crippen molar-refractivity contribution in [3.05, 3.63) is 59.7 Å². The van der Waals surface area contributed by atoms with E-state index in [2.05, 4.69) is 15.4 Å². The maximum Gasteiger partial charge on any atom is 0.261 e. The Hall–Kier alpha value is -2.13. The Morgan fingerprint density at radius 1 is 1.00 bits per heavy atom. The number of hydrogen-bond acceptors (Lipinski definition) is 5. The molecule has 3 N–H and O–H groups in total. The maximum atomic E-state index is 12.5. The molecule has 0 saturated heterocycles. The van der Waals surface area contributed by atoms with Crippen LogP contribution in [0.2, 0.25) is 0 Å². The zero-order valence-corrected chi connectivity index (χ0v) is 17.5. The van der Waals surface area contributed by atoms with Crippen molar-refractivity contribution in [3.8, 4) is 0 Å². The largest absolute Gasteiger partial charge is 0.383 e. The third-order valence-electron chi connectivity index (χ3n) is 3.89. The van der Waals surface area contributed by atoms with Crippen LogP contribution in [-0.2, 0) is 14.8 Å². The number of para-hydroxylation sites is 1. The molecule has 7 nitrogen and oxygen atoms in total. The van der Waals surface area contributed by atoms with Crippen LogP contribution in [0.3, 0.4) is 0 Å². The highest BCUT2D eigenvalue weighted by Crippen LogP contribution is 2.19. The summed E-state index contributed by atoms with van der Waals surface area (Å²) in [6.45, 7) is 4.25. The summed E-state index contributed by atoms with van der Waals surface area (Å²) in [6.07, 6.45) is 0. The molecule has 0 aliphatic rings. The minimum Gasteiger partial charge on any atom is -0.383 e. The third-order valence-corrected chi connectivity index (χ3v) is 5.27. The van der Waals surface area contributed by atoms with Gasteiger partial charge in [-0.15, -0.1) is 12.4 Å². The predicted octanol–water partition coefficient (Wildman–Crippen LogP) is 2.18. The average Bonchev–Trinajstić information content (AvgIpc) is 2.66. The smallest absolute Gasteiger partial charge is 0.261 e. The Morgan fingerprint density at radius 3 is 2.32 bits per heavy atom. The molecular weight excluding hydrogens is 402 g/mol. The van der Waals surface area contributed by atoms with Gasteiger partial charge in [0, 0.05) is 32.3 Å². The van der Waals surface area contributed by atoms with E-state index >= 15 is 0 Å². The predicted molar refractivity (Wildman–Crippen MR) is 113 cm³/mol. The highest BCUT2D eigenvalue weighted by molar-refractivity contribution is 7.92. The van der Waals surface area contributed by atoms with Crippen LogP contribution >= 0.6 is 12.4 Å². The first kappa shape index (κ1) is 23.9. The molecule has 1 amide bonds. The first-order valence-electron chi connectivity index (χ1n) is 8.60. The van der Waals surface area contributed by atoms with Crippen molar-refractivity contribution >= 4 is 34.0 Å². The van der Waals surface area contributed by atoms with E-state index in [4.69, 9.17) is 4.74 Å². The number of amides is 1. The number of nitrogens with one attached hydrogen (secondary N) is 3. The zero-order valence-electron chi connectivity index (χ0n) is 15.9. The van der Waals surface area contributed by atoms with Crippen molar-refractivity contribution in [2.75, 3.05) is 38.1 Å². The molecule has 2 aromatic rings. The van der Waals surface area contributed by atoms with Crippen LogP contribution in [0.15, 0.2) is 53.4 Å². The van der Waals surface area contributed by atoms with E-state index in [1.54, 1.807) is 19.2 Å². The van der Waals surface area contributed by atoms with Gasteiger partial charge in [0.25, 0.3) is 15.9 Å². The minimum atomic E-state index is -3.71. The lowest BCUT2D eigenvalue weighted by Gasteiger charge is -2.11. The lowest BCUT2D eigenvalue weighted by Crippen LogP contribution is -2.33. The Morgan fingerprint density at radius 2 is 1.68 bits per heavy atom. The van der Waals surface area contributed by atoms with Crippen molar-refractivity contribution in [1.82, 2.24) is 10.6 Å².